The highest BCUT2D eigenvalue weighted by Crippen LogP contribution is 2.29. The Morgan fingerprint density at radius 1 is 1.02 bits per heavy atom. The molecule has 4 rings (SSSR count). The zero-order valence-corrected chi connectivity index (χ0v) is 25.6. The molecule has 0 atom stereocenters. The highest BCUT2D eigenvalue weighted by Gasteiger charge is 2.32. The summed E-state index contributed by atoms with van der Waals surface area (Å²) in [7, 11) is 1.76. The summed E-state index contributed by atoms with van der Waals surface area (Å²) in [5.74, 6) is -0.821. The minimum absolute atomic E-state index is 0. The average molecular weight is 598 g/mol. The van der Waals surface area contributed by atoms with E-state index in [9.17, 15) is 14.4 Å². The van der Waals surface area contributed by atoms with Gasteiger partial charge in [0.15, 0.2) is 0 Å². The third-order valence-corrected chi connectivity index (χ3v) is 7.40. The molecule has 1 amide bonds. The van der Waals surface area contributed by atoms with E-state index >= 15 is 0 Å². The number of halogens is 1. The topological polar surface area (TPSA) is 133 Å². The Balaban J connectivity index is 0.00000484. The molecule has 0 radical (unpaired) electrons. The molecule has 1 aliphatic heterocycles. The number of aromatic nitrogens is 2. The van der Waals surface area contributed by atoms with E-state index in [-0.39, 0.29) is 47.8 Å². The van der Waals surface area contributed by atoms with Crippen LogP contribution in [0.1, 0.15) is 62.0 Å². The zero-order chi connectivity index (χ0) is 29.9. The smallest absolute Gasteiger partial charge is 0.332 e. The number of amidine groups is 1. The minimum Gasteiger partial charge on any atom is -0.464 e. The van der Waals surface area contributed by atoms with Crippen LogP contribution in [0.25, 0.3) is 16.9 Å². The molecular formula is C31H40ClN5O5. The van der Waals surface area contributed by atoms with Crippen LogP contribution in [0.15, 0.2) is 53.3 Å². The molecule has 0 aliphatic carbocycles. The van der Waals surface area contributed by atoms with Crippen LogP contribution in [0.3, 0.4) is 0 Å². The standard InChI is InChI=1S/C31H39N5O5.ClH/c1-6-40-25(37)19-41-24-15-17-35(18-16-24)29(38)26-27(20-7-11-22(12-8-20)31(2,3)4)34(5)36(30(26)39)23-13-9-21(10-14-23)28(32)33;/h7-14,24H,6,15-19H2,1-5H3,(H3,32,33);1H. The first-order valence-electron chi connectivity index (χ1n) is 13.9. The summed E-state index contributed by atoms with van der Waals surface area (Å²) in [5.41, 5.74) is 8.76. The molecule has 0 bridgehead atoms. The Labute approximate surface area is 252 Å². The van der Waals surface area contributed by atoms with Crippen molar-refractivity contribution in [1.29, 1.82) is 5.41 Å². The number of hydrogen-bond donors (Lipinski definition) is 2. The molecule has 226 valence electrons. The van der Waals surface area contributed by atoms with E-state index in [0.717, 1.165) is 11.1 Å². The molecule has 2 heterocycles. The largest absolute Gasteiger partial charge is 0.464 e. The van der Waals surface area contributed by atoms with Crippen LogP contribution in [-0.4, -0.2) is 64.4 Å². The molecule has 10 nitrogen and oxygen atoms in total. The molecule has 3 aromatic rings. The fourth-order valence-electron chi connectivity index (χ4n) is 5.10. The second kappa shape index (κ2) is 13.4. The van der Waals surface area contributed by atoms with Gasteiger partial charge in [-0.15, -0.1) is 12.4 Å². The van der Waals surface area contributed by atoms with Crippen molar-refractivity contribution in [3.05, 3.63) is 75.6 Å². The molecule has 0 unspecified atom stereocenters. The summed E-state index contributed by atoms with van der Waals surface area (Å²) in [5, 5.41) is 7.68. The van der Waals surface area contributed by atoms with Gasteiger partial charge in [0.1, 0.15) is 18.0 Å². The molecule has 0 saturated carbocycles. The molecule has 3 N–H and O–H groups in total. The monoisotopic (exact) mass is 597 g/mol. The first-order valence-corrected chi connectivity index (χ1v) is 13.9. The van der Waals surface area contributed by atoms with E-state index in [0.29, 0.717) is 49.5 Å². The van der Waals surface area contributed by atoms with E-state index in [1.54, 1.807) is 47.8 Å². The number of esters is 1. The predicted molar refractivity (Wildman–Crippen MR) is 165 cm³/mol. The van der Waals surface area contributed by atoms with E-state index in [1.807, 2.05) is 24.3 Å². The highest BCUT2D eigenvalue weighted by atomic mass is 35.5. The molecule has 2 aromatic carbocycles. The van der Waals surface area contributed by atoms with Gasteiger partial charge in [0.2, 0.25) is 0 Å². The zero-order valence-electron chi connectivity index (χ0n) is 24.8. The molecule has 1 fully saturated rings. The van der Waals surface area contributed by atoms with Gasteiger partial charge in [-0.05, 0) is 55.0 Å². The van der Waals surface area contributed by atoms with Crippen LogP contribution in [0.5, 0.6) is 0 Å². The number of nitrogens with zero attached hydrogens (tertiary/aromatic N) is 3. The van der Waals surface area contributed by atoms with Gasteiger partial charge in [0.05, 0.1) is 24.1 Å². The third-order valence-electron chi connectivity index (χ3n) is 7.40. The maximum absolute atomic E-state index is 14.0. The number of benzene rings is 2. The second-order valence-electron chi connectivity index (χ2n) is 11.3. The molecule has 11 heteroatoms. The highest BCUT2D eigenvalue weighted by molar-refractivity contribution is 6.00. The number of amides is 1. The minimum atomic E-state index is -0.427. The first kappa shape index (κ1) is 32.6. The lowest BCUT2D eigenvalue weighted by atomic mass is 9.86. The van der Waals surface area contributed by atoms with E-state index in [2.05, 4.69) is 20.8 Å². The lowest BCUT2D eigenvalue weighted by molar-refractivity contribution is -0.151. The predicted octanol–water partition coefficient (Wildman–Crippen LogP) is 4.03. The number of nitrogen functional groups attached to an aromatic ring is 1. The Kier molecular flexibility index (Phi) is 10.4. The van der Waals surface area contributed by atoms with Crippen LogP contribution in [0.4, 0.5) is 0 Å². The van der Waals surface area contributed by atoms with Crippen LogP contribution < -0.4 is 11.3 Å². The van der Waals surface area contributed by atoms with Crippen molar-refractivity contribution in [3.8, 4) is 16.9 Å². The van der Waals surface area contributed by atoms with Crippen LogP contribution in [0.2, 0.25) is 0 Å². The molecule has 1 aliphatic rings. The normalized spacial score (nSPS) is 13.9. The van der Waals surface area contributed by atoms with E-state index in [4.69, 9.17) is 20.6 Å². The fourth-order valence-corrected chi connectivity index (χ4v) is 5.10. The number of carbonyl (C=O) groups excluding carboxylic acids is 2. The van der Waals surface area contributed by atoms with Gasteiger partial charge in [-0.3, -0.25) is 19.7 Å². The van der Waals surface area contributed by atoms with Crippen LogP contribution in [0, 0.1) is 5.41 Å². The molecular weight excluding hydrogens is 558 g/mol. The SMILES string of the molecule is CCOC(=O)COC1CCN(C(=O)c2c(-c3ccc(C(C)(C)C)cc3)n(C)n(-c3ccc(C(=N)N)cc3)c2=O)CC1.Cl. The summed E-state index contributed by atoms with van der Waals surface area (Å²) in [4.78, 5) is 41.3. The average Bonchev–Trinajstić information content (AvgIpc) is 3.21. The van der Waals surface area contributed by atoms with Gasteiger partial charge < -0.3 is 20.1 Å². The molecule has 42 heavy (non-hydrogen) atoms. The summed E-state index contributed by atoms with van der Waals surface area (Å²) in [6.07, 6.45) is 0.933. The van der Waals surface area contributed by atoms with Crippen molar-refractivity contribution >= 4 is 30.1 Å². The quantitative estimate of drug-likeness (QED) is 0.229. The molecule has 1 saturated heterocycles. The van der Waals surface area contributed by atoms with Crippen molar-refractivity contribution in [2.75, 3.05) is 26.3 Å². The van der Waals surface area contributed by atoms with E-state index in [1.165, 1.54) is 4.68 Å². The van der Waals surface area contributed by atoms with Crippen molar-refractivity contribution < 1.29 is 19.1 Å². The van der Waals surface area contributed by atoms with Crippen LogP contribution in [-0.2, 0) is 26.7 Å². The lowest BCUT2D eigenvalue weighted by Gasteiger charge is -2.31. The van der Waals surface area contributed by atoms with Crippen LogP contribution >= 0.6 is 12.4 Å². The summed E-state index contributed by atoms with van der Waals surface area (Å²) >= 11 is 0. The number of likely N-dealkylation sites (tertiary alicyclic amines) is 1. The Morgan fingerprint density at radius 3 is 2.14 bits per heavy atom. The van der Waals surface area contributed by atoms with Crippen molar-refractivity contribution in [2.24, 2.45) is 12.8 Å². The summed E-state index contributed by atoms with van der Waals surface area (Å²) in [6, 6.07) is 14.7. The molecule has 1 aromatic heterocycles. The Morgan fingerprint density at radius 2 is 1.62 bits per heavy atom. The number of rotatable bonds is 8. The lowest BCUT2D eigenvalue weighted by Crippen LogP contribution is -2.43. The maximum Gasteiger partial charge on any atom is 0.332 e. The van der Waals surface area contributed by atoms with Crippen molar-refractivity contribution in [1.82, 2.24) is 14.3 Å². The Hall–Kier alpha value is -3.89. The Bertz CT molecular complexity index is 1480. The summed E-state index contributed by atoms with van der Waals surface area (Å²) < 4.78 is 13.8. The number of hydrogen-bond acceptors (Lipinski definition) is 6. The fraction of sp³-hybridized carbons (Fsp3) is 0.419. The van der Waals surface area contributed by atoms with Gasteiger partial charge in [-0.2, -0.15) is 0 Å². The van der Waals surface area contributed by atoms with Gasteiger partial charge in [-0.1, -0.05) is 45.0 Å². The second-order valence-corrected chi connectivity index (χ2v) is 11.3. The van der Waals surface area contributed by atoms with Gasteiger partial charge in [0.25, 0.3) is 11.5 Å². The number of nitrogens with one attached hydrogen (secondary N) is 1. The number of carbonyl (C=O) groups is 2. The maximum atomic E-state index is 14.0. The van der Waals surface area contributed by atoms with Gasteiger partial charge in [0, 0.05) is 31.3 Å². The van der Waals surface area contributed by atoms with Crippen molar-refractivity contribution in [3.63, 3.8) is 0 Å². The van der Waals surface area contributed by atoms with Gasteiger partial charge in [-0.25, -0.2) is 9.48 Å². The molecule has 0 spiro atoms. The van der Waals surface area contributed by atoms with Gasteiger partial charge >= 0.3 is 5.97 Å². The number of piperidine rings is 1. The number of nitrogens with two attached hydrogens (primary N) is 1. The van der Waals surface area contributed by atoms with Crippen molar-refractivity contribution in [2.45, 2.75) is 52.1 Å². The number of ether oxygens (including phenoxy) is 2. The third kappa shape index (κ3) is 6.94. The van der Waals surface area contributed by atoms with E-state index < -0.39 is 11.5 Å². The summed E-state index contributed by atoms with van der Waals surface area (Å²) in [6.45, 7) is 9.12. The first-order chi connectivity index (χ1) is 19.4.